The van der Waals surface area contributed by atoms with Crippen molar-refractivity contribution in [3.63, 3.8) is 0 Å². The third kappa shape index (κ3) is 6.26. The van der Waals surface area contributed by atoms with Gasteiger partial charge in [-0.3, -0.25) is 9.59 Å². The molecule has 0 heterocycles. The van der Waals surface area contributed by atoms with Gasteiger partial charge in [0.1, 0.15) is 0 Å². The minimum Gasteiger partial charge on any atom is -0.452 e. The van der Waals surface area contributed by atoms with Gasteiger partial charge in [-0.2, -0.15) is 0 Å². The Morgan fingerprint density at radius 3 is 2.48 bits per heavy atom. The number of anilines is 1. The van der Waals surface area contributed by atoms with Gasteiger partial charge >= 0.3 is 5.97 Å². The largest absolute Gasteiger partial charge is 0.452 e. The van der Waals surface area contributed by atoms with Crippen molar-refractivity contribution in [1.29, 1.82) is 0 Å². The molecule has 2 aromatic rings. The van der Waals surface area contributed by atoms with E-state index < -0.39 is 18.5 Å². The molecular weight excluding hydrogens is 344 g/mol. The summed E-state index contributed by atoms with van der Waals surface area (Å²) in [4.78, 5) is 36.4. The molecule has 0 aliphatic heterocycles. The second kappa shape index (κ2) is 9.52. The van der Waals surface area contributed by atoms with Crippen LogP contribution in [0.15, 0.2) is 48.5 Å². The van der Waals surface area contributed by atoms with E-state index in [0.717, 1.165) is 5.56 Å². The van der Waals surface area contributed by atoms with E-state index in [0.29, 0.717) is 29.3 Å². The minimum absolute atomic E-state index is 0.267. The number of aryl methyl sites for hydroxylation is 1. The first-order valence-corrected chi connectivity index (χ1v) is 8.77. The molecule has 0 atom stereocenters. The van der Waals surface area contributed by atoms with Crippen LogP contribution in [-0.4, -0.2) is 30.9 Å². The monoisotopic (exact) mass is 368 g/mol. The number of esters is 1. The van der Waals surface area contributed by atoms with Crippen LogP contribution < -0.4 is 10.6 Å². The molecule has 6 nitrogen and oxygen atoms in total. The van der Waals surface area contributed by atoms with E-state index in [-0.39, 0.29) is 5.91 Å². The zero-order chi connectivity index (χ0) is 19.8. The summed E-state index contributed by atoms with van der Waals surface area (Å²) < 4.78 is 5.04. The number of carbonyl (C=O) groups is 3. The summed E-state index contributed by atoms with van der Waals surface area (Å²) in [5.74, 6) is -1.04. The quantitative estimate of drug-likeness (QED) is 0.735. The van der Waals surface area contributed by atoms with Crippen LogP contribution >= 0.6 is 0 Å². The molecule has 6 heteroatoms. The van der Waals surface area contributed by atoms with Gasteiger partial charge < -0.3 is 15.4 Å². The molecule has 2 amide bonds. The van der Waals surface area contributed by atoms with Crippen molar-refractivity contribution in [3.8, 4) is 0 Å². The lowest BCUT2D eigenvalue weighted by atomic mass is 10.1. The Balaban J connectivity index is 1.95. The predicted octanol–water partition coefficient (Wildman–Crippen LogP) is 3.18. The highest BCUT2D eigenvalue weighted by atomic mass is 16.5. The molecule has 0 saturated carbocycles. The maximum atomic E-state index is 12.3. The second-order valence-corrected chi connectivity index (χ2v) is 6.64. The van der Waals surface area contributed by atoms with Crippen LogP contribution in [0.5, 0.6) is 0 Å². The number of hydrogen-bond acceptors (Lipinski definition) is 4. The molecule has 0 aromatic heterocycles. The number of rotatable bonds is 7. The molecule has 142 valence electrons. The van der Waals surface area contributed by atoms with Crippen molar-refractivity contribution in [1.82, 2.24) is 5.32 Å². The van der Waals surface area contributed by atoms with E-state index in [9.17, 15) is 14.4 Å². The first kappa shape index (κ1) is 20.2. The van der Waals surface area contributed by atoms with E-state index in [2.05, 4.69) is 10.6 Å². The van der Waals surface area contributed by atoms with Crippen LogP contribution in [0.1, 0.15) is 40.1 Å². The predicted molar refractivity (Wildman–Crippen MR) is 104 cm³/mol. The lowest BCUT2D eigenvalue weighted by Gasteiger charge is -2.12. The summed E-state index contributed by atoms with van der Waals surface area (Å²) in [6, 6.07) is 13.6. The maximum absolute atomic E-state index is 12.3. The van der Waals surface area contributed by atoms with Gasteiger partial charge in [0.2, 0.25) is 0 Å². The molecule has 2 rings (SSSR count). The average Bonchev–Trinajstić information content (AvgIpc) is 2.64. The molecule has 27 heavy (non-hydrogen) atoms. The fraction of sp³-hybridized carbons (Fsp3) is 0.286. The number of ether oxygens (including phenoxy) is 1. The van der Waals surface area contributed by atoms with Gasteiger partial charge in [-0.05, 0) is 37.1 Å². The SMILES string of the molecule is Cc1cccc(C(=O)OCC(=O)Nc2ccccc2C(=O)NCC(C)C)c1. The van der Waals surface area contributed by atoms with Crippen molar-refractivity contribution in [2.45, 2.75) is 20.8 Å². The van der Waals surface area contributed by atoms with Gasteiger partial charge in [0.25, 0.3) is 11.8 Å². The number of hydrogen-bond donors (Lipinski definition) is 2. The van der Waals surface area contributed by atoms with E-state index >= 15 is 0 Å². The maximum Gasteiger partial charge on any atom is 0.338 e. The van der Waals surface area contributed by atoms with Crippen LogP contribution in [0.25, 0.3) is 0 Å². The summed E-state index contributed by atoms with van der Waals surface area (Å²) in [6.07, 6.45) is 0. The number of benzene rings is 2. The van der Waals surface area contributed by atoms with Crippen molar-refractivity contribution in [3.05, 3.63) is 65.2 Å². The zero-order valence-corrected chi connectivity index (χ0v) is 15.7. The summed E-state index contributed by atoms with van der Waals surface area (Å²) in [6.45, 7) is 5.96. The first-order valence-electron chi connectivity index (χ1n) is 8.77. The minimum atomic E-state index is -0.572. The molecule has 0 radical (unpaired) electrons. The van der Waals surface area contributed by atoms with E-state index in [4.69, 9.17) is 4.74 Å². The third-order valence-corrected chi connectivity index (χ3v) is 3.70. The summed E-state index contributed by atoms with van der Waals surface area (Å²) in [7, 11) is 0. The van der Waals surface area contributed by atoms with Crippen LogP contribution in [0, 0.1) is 12.8 Å². The van der Waals surface area contributed by atoms with Crippen LogP contribution in [0.2, 0.25) is 0 Å². The molecule has 0 aliphatic carbocycles. The molecule has 2 aromatic carbocycles. The summed E-state index contributed by atoms with van der Waals surface area (Å²) in [5, 5.41) is 5.43. The first-order chi connectivity index (χ1) is 12.9. The fourth-order valence-electron chi connectivity index (χ4n) is 2.35. The standard InChI is InChI=1S/C21H24N2O4/c1-14(2)12-22-20(25)17-9-4-5-10-18(17)23-19(24)13-27-21(26)16-8-6-7-15(3)11-16/h4-11,14H,12-13H2,1-3H3,(H,22,25)(H,23,24). The van der Waals surface area contributed by atoms with Gasteiger partial charge in [-0.15, -0.1) is 0 Å². The van der Waals surface area contributed by atoms with Gasteiger partial charge in [-0.25, -0.2) is 4.79 Å². The van der Waals surface area contributed by atoms with Crippen LogP contribution in [0.4, 0.5) is 5.69 Å². The Kier molecular flexibility index (Phi) is 7.11. The topological polar surface area (TPSA) is 84.5 Å². The lowest BCUT2D eigenvalue weighted by Crippen LogP contribution is -2.29. The second-order valence-electron chi connectivity index (χ2n) is 6.64. The van der Waals surface area contributed by atoms with Crippen molar-refractivity contribution in [2.24, 2.45) is 5.92 Å². The smallest absolute Gasteiger partial charge is 0.338 e. The molecule has 0 bridgehead atoms. The van der Waals surface area contributed by atoms with Gasteiger partial charge in [0.15, 0.2) is 6.61 Å². The molecular formula is C21H24N2O4. The molecule has 0 unspecified atom stereocenters. The number of amides is 2. The summed E-state index contributed by atoms with van der Waals surface area (Å²) >= 11 is 0. The molecule has 0 spiro atoms. The summed E-state index contributed by atoms with van der Waals surface area (Å²) in [5.41, 5.74) is 2.04. The Morgan fingerprint density at radius 1 is 1.04 bits per heavy atom. The van der Waals surface area contributed by atoms with Crippen LogP contribution in [-0.2, 0) is 9.53 Å². The van der Waals surface area contributed by atoms with Gasteiger partial charge in [-0.1, -0.05) is 43.7 Å². The highest BCUT2D eigenvalue weighted by Gasteiger charge is 2.15. The molecule has 0 fully saturated rings. The van der Waals surface area contributed by atoms with Gasteiger partial charge in [0.05, 0.1) is 16.8 Å². The highest BCUT2D eigenvalue weighted by molar-refractivity contribution is 6.04. The lowest BCUT2D eigenvalue weighted by molar-refractivity contribution is -0.119. The Morgan fingerprint density at radius 2 is 1.78 bits per heavy atom. The van der Waals surface area contributed by atoms with E-state index in [1.165, 1.54) is 0 Å². The number of carbonyl (C=O) groups excluding carboxylic acids is 3. The average molecular weight is 368 g/mol. The third-order valence-electron chi connectivity index (χ3n) is 3.70. The molecule has 0 saturated heterocycles. The highest BCUT2D eigenvalue weighted by Crippen LogP contribution is 2.15. The fourth-order valence-corrected chi connectivity index (χ4v) is 2.35. The Hall–Kier alpha value is -3.15. The van der Waals surface area contributed by atoms with E-state index in [1.807, 2.05) is 26.8 Å². The van der Waals surface area contributed by atoms with Crippen molar-refractivity contribution < 1.29 is 19.1 Å². The Labute approximate surface area is 158 Å². The zero-order valence-electron chi connectivity index (χ0n) is 15.7. The van der Waals surface area contributed by atoms with E-state index in [1.54, 1.807) is 42.5 Å². The van der Waals surface area contributed by atoms with Crippen molar-refractivity contribution >= 4 is 23.5 Å². The number of para-hydroxylation sites is 1. The Bertz CT molecular complexity index is 830. The van der Waals surface area contributed by atoms with Crippen molar-refractivity contribution in [2.75, 3.05) is 18.5 Å². The number of nitrogens with one attached hydrogen (secondary N) is 2. The van der Waals surface area contributed by atoms with Crippen LogP contribution in [0.3, 0.4) is 0 Å². The van der Waals surface area contributed by atoms with Gasteiger partial charge in [0, 0.05) is 6.54 Å². The molecule has 0 aliphatic rings. The normalized spacial score (nSPS) is 10.4. The molecule has 2 N–H and O–H groups in total.